The van der Waals surface area contributed by atoms with Crippen LogP contribution in [0, 0.1) is 13.8 Å². The molecule has 0 fully saturated rings. The Morgan fingerprint density at radius 2 is 1.79 bits per heavy atom. The molecule has 0 spiro atoms. The summed E-state index contributed by atoms with van der Waals surface area (Å²) in [7, 11) is 0. The summed E-state index contributed by atoms with van der Waals surface area (Å²) < 4.78 is 5.13. The third-order valence-corrected chi connectivity index (χ3v) is 6.66. The van der Waals surface area contributed by atoms with Gasteiger partial charge in [0.25, 0.3) is 11.8 Å². The summed E-state index contributed by atoms with van der Waals surface area (Å²) in [5.41, 5.74) is 1.57. The van der Waals surface area contributed by atoms with E-state index in [1.165, 1.54) is 28.0 Å². The first kappa shape index (κ1) is 19.5. The van der Waals surface area contributed by atoms with Crippen LogP contribution in [0.5, 0.6) is 0 Å². The lowest BCUT2D eigenvalue weighted by Gasteiger charge is -2.13. The van der Waals surface area contributed by atoms with Crippen LogP contribution in [0.25, 0.3) is 10.2 Å². The van der Waals surface area contributed by atoms with Crippen LogP contribution in [0.3, 0.4) is 0 Å². The first-order valence-corrected chi connectivity index (χ1v) is 10.8. The Morgan fingerprint density at radius 1 is 1.14 bits per heavy atom. The van der Waals surface area contributed by atoms with E-state index in [0.717, 1.165) is 10.9 Å². The van der Waals surface area contributed by atoms with Crippen molar-refractivity contribution in [2.45, 2.75) is 25.8 Å². The van der Waals surface area contributed by atoms with Crippen LogP contribution in [-0.2, 0) is 4.74 Å². The molecule has 148 valence electrons. The summed E-state index contributed by atoms with van der Waals surface area (Å²) in [4.78, 5) is 48.8. The van der Waals surface area contributed by atoms with Gasteiger partial charge in [-0.2, -0.15) is 0 Å². The number of imide groups is 1. The van der Waals surface area contributed by atoms with Gasteiger partial charge in [-0.1, -0.05) is 23.9 Å². The summed E-state index contributed by atoms with van der Waals surface area (Å²) >= 11 is 2.54. The van der Waals surface area contributed by atoms with E-state index in [-0.39, 0.29) is 23.7 Å². The normalized spacial score (nSPS) is 13.3. The molecule has 3 heterocycles. The molecule has 0 radical (unpaired) electrons. The fourth-order valence-electron chi connectivity index (χ4n) is 3.18. The predicted molar refractivity (Wildman–Crippen MR) is 111 cm³/mol. The third-order valence-electron chi connectivity index (χ3n) is 4.54. The zero-order valence-corrected chi connectivity index (χ0v) is 17.6. The van der Waals surface area contributed by atoms with Crippen molar-refractivity contribution in [2.75, 3.05) is 12.5 Å². The molecule has 2 aromatic heterocycles. The second-order valence-electron chi connectivity index (χ2n) is 6.39. The van der Waals surface area contributed by atoms with Crippen molar-refractivity contribution in [2.24, 2.45) is 0 Å². The average molecular weight is 428 g/mol. The van der Waals surface area contributed by atoms with Gasteiger partial charge in [-0.05, 0) is 38.5 Å². The number of nitrogens with zero attached hydrogens (tertiary/aromatic N) is 3. The number of aromatic nitrogens is 2. The van der Waals surface area contributed by atoms with Gasteiger partial charge in [-0.25, -0.2) is 14.8 Å². The first-order valence-electron chi connectivity index (χ1n) is 8.95. The molecule has 3 aromatic rings. The van der Waals surface area contributed by atoms with Gasteiger partial charge in [0.1, 0.15) is 20.6 Å². The number of carbonyl (C=O) groups is 3. The van der Waals surface area contributed by atoms with E-state index in [1.54, 1.807) is 38.1 Å². The number of hydrogen-bond donors (Lipinski definition) is 0. The highest BCUT2D eigenvalue weighted by Gasteiger charge is 2.35. The highest BCUT2D eigenvalue weighted by atomic mass is 32.2. The number of amides is 2. The zero-order valence-electron chi connectivity index (χ0n) is 16.0. The standard InChI is InChI=1S/C20H17N3O4S2/c1-4-27-20(26)15-10(2)14-16(21-11(3)22-17(14)29-15)28-9-23-18(24)12-7-5-6-8-13(12)19(23)25/h5-8H,4,9H2,1-3H3. The van der Waals surface area contributed by atoms with E-state index in [1.807, 2.05) is 6.92 Å². The van der Waals surface area contributed by atoms with Gasteiger partial charge < -0.3 is 4.74 Å². The Labute approximate surface area is 175 Å². The first-order chi connectivity index (χ1) is 13.9. The Hall–Kier alpha value is -2.78. The molecule has 1 aliphatic rings. The Morgan fingerprint density at radius 3 is 2.41 bits per heavy atom. The second-order valence-corrected chi connectivity index (χ2v) is 8.32. The molecule has 2 amide bonds. The molecule has 0 unspecified atom stereocenters. The van der Waals surface area contributed by atoms with Gasteiger partial charge in [0, 0.05) is 5.39 Å². The molecule has 1 aliphatic heterocycles. The number of hydrogen-bond acceptors (Lipinski definition) is 8. The monoisotopic (exact) mass is 427 g/mol. The number of fused-ring (bicyclic) bond motifs is 2. The molecule has 0 saturated heterocycles. The largest absolute Gasteiger partial charge is 0.462 e. The van der Waals surface area contributed by atoms with Crippen molar-refractivity contribution in [1.82, 2.24) is 14.9 Å². The fraction of sp³-hybridized carbons (Fsp3) is 0.250. The number of esters is 1. The summed E-state index contributed by atoms with van der Waals surface area (Å²) in [5, 5.41) is 1.39. The topological polar surface area (TPSA) is 89.5 Å². The maximum Gasteiger partial charge on any atom is 0.348 e. The number of thiophene rings is 1. The number of aryl methyl sites for hydroxylation is 2. The van der Waals surface area contributed by atoms with Gasteiger partial charge in [0.2, 0.25) is 0 Å². The van der Waals surface area contributed by atoms with Crippen molar-refractivity contribution < 1.29 is 19.1 Å². The predicted octanol–water partition coefficient (Wildman–Crippen LogP) is 3.83. The molecule has 0 N–H and O–H groups in total. The lowest BCUT2D eigenvalue weighted by molar-refractivity contribution is 0.0530. The van der Waals surface area contributed by atoms with Crippen LogP contribution in [0.15, 0.2) is 29.3 Å². The minimum absolute atomic E-state index is 0.127. The van der Waals surface area contributed by atoms with Crippen LogP contribution < -0.4 is 0 Å². The molecular formula is C20H17N3O4S2. The summed E-state index contributed by atoms with van der Waals surface area (Å²) in [6, 6.07) is 6.79. The lowest BCUT2D eigenvalue weighted by Crippen LogP contribution is -2.29. The van der Waals surface area contributed by atoms with Gasteiger partial charge in [-0.3, -0.25) is 14.5 Å². The van der Waals surface area contributed by atoms with Gasteiger partial charge in [0.05, 0.1) is 23.6 Å². The minimum atomic E-state index is -0.387. The Kier molecular flexibility index (Phi) is 5.10. The molecule has 4 rings (SSSR count). The Balaban J connectivity index is 1.66. The maximum absolute atomic E-state index is 12.6. The minimum Gasteiger partial charge on any atom is -0.462 e. The van der Waals surface area contributed by atoms with E-state index in [2.05, 4.69) is 9.97 Å². The zero-order chi connectivity index (χ0) is 20.7. The molecule has 29 heavy (non-hydrogen) atoms. The molecule has 0 saturated carbocycles. The van der Waals surface area contributed by atoms with Crippen LogP contribution in [0.2, 0.25) is 0 Å². The summed E-state index contributed by atoms with van der Waals surface area (Å²) in [5.74, 6) is -0.327. The van der Waals surface area contributed by atoms with Crippen molar-refractivity contribution in [3.8, 4) is 0 Å². The molecule has 0 atom stereocenters. The molecule has 0 bridgehead atoms. The molecule has 1 aromatic carbocycles. The van der Waals surface area contributed by atoms with Crippen molar-refractivity contribution >= 4 is 51.1 Å². The van der Waals surface area contributed by atoms with Crippen molar-refractivity contribution in [3.63, 3.8) is 0 Å². The molecule has 9 heteroatoms. The fourth-order valence-corrected chi connectivity index (χ4v) is 5.44. The number of thioether (sulfide) groups is 1. The number of benzene rings is 1. The number of carbonyl (C=O) groups excluding carboxylic acids is 3. The second kappa shape index (κ2) is 7.57. The smallest absolute Gasteiger partial charge is 0.348 e. The van der Waals surface area contributed by atoms with E-state index in [9.17, 15) is 14.4 Å². The van der Waals surface area contributed by atoms with Crippen LogP contribution >= 0.6 is 23.1 Å². The van der Waals surface area contributed by atoms with E-state index >= 15 is 0 Å². The van der Waals surface area contributed by atoms with Crippen molar-refractivity contribution in [1.29, 1.82) is 0 Å². The third kappa shape index (κ3) is 3.30. The van der Waals surface area contributed by atoms with Gasteiger partial charge in [0.15, 0.2) is 0 Å². The van der Waals surface area contributed by atoms with E-state index < -0.39 is 0 Å². The Bertz CT molecular complexity index is 1140. The maximum atomic E-state index is 12.6. The molecular weight excluding hydrogens is 410 g/mol. The lowest BCUT2D eigenvalue weighted by atomic mass is 10.1. The summed E-state index contributed by atoms with van der Waals surface area (Å²) in [6.45, 7) is 5.65. The molecule has 0 aliphatic carbocycles. The quantitative estimate of drug-likeness (QED) is 0.265. The van der Waals surface area contributed by atoms with Gasteiger partial charge in [-0.15, -0.1) is 11.3 Å². The van der Waals surface area contributed by atoms with Crippen LogP contribution in [0.4, 0.5) is 0 Å². The van der Waals surface area contributed by atoms with Gasteiger partial charge >= 0.3 is 5.97 Å². The van der Waals surface area contributed by atoms with E-state index in [0.29, 0.717) is 38.3 Å². The number of ether oxygens (including phenoxy) is 1. The van der Waals surface area contributed by atoms with Crippen LogP contribution in [0.1, 0.15) is 48.7 Å². The van der Waals surface area contributed by atoms with Crippen molar-refractivity contribution in [3.05, 3.63) is 51.7 Å². The number of rotatable bonds is 5. The average Bonchev–Trinajstić information content (AvgIpc) is 3.15. The molecule has 7 nitrogen and oxygen atoms in total. The highest BCUT2D eigenvalue weighted by molar-refractivity contribution is 7.99. The highest BCUT2D eigenvalue weighted by Crippen LogP contribution is 2.37. The van der Waals surface area contributed by atoms with Crippen LogP contribution in [-0.4, -0.2) is 45.1 Å². The van der Waals surface area contributed by atoms with E-state index in [4.69, 9.17) is 4.74 Å². The SMILES string of the molecule is CCOC(=O)c1sc2nc(C)nc(SCN3C(=O)c4ccccc4C3=O)c2c1C. The summed E-state index contributed by atoms with van der Waals surface area (Å²) in [6.07, 6.45) is 0.